The van der Waals surface area contributed by atoms with Crippen molar-refractivity contribution in [3.05, 3.63) is 30.4 Å². The van der Waals surface area contributed by atoms with Crippen LogP contribution in [0.2, 0.25) is 0 Å². The van der Waals surface area contributed by atoms with Gasteiger partial charge in [0.05, 0.1) is 11.5 Å². The maximum atomic E-state index is 10.8. The number of carboxylic acids is 1. The number of rotatable bonds is 2. The van der Waals surface area contributed by atoms with Crippen LogP contribution in [0, 0.1) is 0 Å². The first kappa shape index (κ1) is 12.4. The van der Waals surface area contributed by atoms with Crippen LogP contribution in [0.1, 0.15) is 10.5 Å². The molecule has 0 aliphatic rings. The standard InChI is InChI=1S/C9H8N4O2.Li/c1-13-5-6(7(12-13)9(14)15)8-10-3-2-4-11-8;/h2-5H,1H3,(H,14,15);/q;+1/p-1. The second kappa shape index (κ2) is 4.92. The maximum Gasteiger partial charge on any atom is 1.00 e. The van der Waals surface area contributed by atoms with E-state index in [2.05, 4.69) is 15.1 Å². The van der Waals surface area contributed by atoms with Gasteiger partial charge in [-0.3, -0.25) is 4.68 Å². The molecule has 7 heteroatoms. The van der Waals surface area contributed by atoms with Gasteiger partial charge in [-0.2, -0.15) is 5.10 Å². The molecule has 2 rings (SSSR count). The molecule has 0 N–H and O–H groups in total. The molecular weight excluding hydrogens is 203 g/mol. The van der Waals surface area contributed by atoms with Gasteiger partial charge in [-0.1, -0.05) is 0 Å². The molecule has 2 aromatic heterocycles. The van der Waals surface area contributed by atoms with Crippen molar-refractivity contribution in [3.63, 3.8) is 0 Å². The largest absolute Gasteiger partial charge is 1.00 e. The fourth-order valence-corrected chi connectivity index (χ4v) is 1.24. The van der Waals surface area contributed by atoms with E-state index in [4.69, 9.17) is 0 Å². The fraction of sp³-hybridized carbons (Fsp3) is 0.111. The molecule has 0 fully saturated rings. The molecule has 0 aromatic carbocycles. The number of carbonyl (C=O) groups excluding carboxylic acids is 1. The number of nitrogens with zero attached hydrogens (tertiary/aromatic N) is 4. The van der Waals surface area contributed by atoms with Gasteiger partial charge in [0.2, 0.25) is 0 Å². The first-order valence-corrected chi connectivity index (χ1v) is 4.21. The predicted octanol–water partition coefficient (Wildman–Crippen LogP) is -3.76. The molecule has 6 nitrogen and oxygen atoms in total. The summed E-state index contributed by atoms with van der Waals surface area (Å²) in [6.45, 7) is 0. The molecule has 16 heavy (non-hydrogen) atoms. The number of aromatic nitrogens is 4. The van der Waals surface area contributed by atoms with Crippen molar-refractivity contribution < 1.29 is 28.8 Å². The van der Waals surface area contributed by atoms with E-state index in [1.54, 1.807) is 19.3 Å². The molecule has 0 bridgehead atoms. The van der Waals surface area contributed by atoms with E-state index in [0.717, 1.165) is 0 Å². The summed E-state index contributed by atoms with van der Waals surface area (Å²) in [7, 11) is 1.62. The molecular formula is C9H7LiN4O2. The van der Waals surface area contributed by atoms with Crippen LogP contribution in [-0.2, 0) is 7.05 Å². The van der Waals surface area contributed by atoms with Gasteiger partial charge >= 0.3 is 18.9 Å². The SMILES string of the molecule is Cn1cc(-c2ncccn2)c(C(=O)[O-])n1.[Li+]. The first-order valence-electron chi connectivity index (χ1n) is 4.21. The van der Waals surface area contributed by atoms with Gasteiger partial charge in [0.15, 0.2) is 5.82 Å². The predicted molar refractivity (Wildman–Crippen MR) is 48.6 cm³/mol. The second-order valence-electron chi connectivity index (χ2n) is 2.92. The Morgan fingerprint density at radius 3 is 2.56 bits per heavy atom. The van der Waals surface area contributed by atoms with Gasteiger partial charge in [0, 0.05) is 25.6 Å². The van der Waals surface area contributed by atoms with Crippen molar-refractivity contribution in [1.82, 2.24) is 19.7 Å². The van der Waals surface area contributed by atoms with Crippen molar-refractivity contribution >= 4 is 5.97 Å². The number of aromatic carboxylic acids is 1. The summed E-state index contributed by atoms with van der Waals surface area (Å²) >= 11 is 0. The van der Waals surface area contributed by atoms with Gasteiger partial charge < -0.3 is 9.90 Å². The third-order valence-electron chi connectivity index (χ3n) is 1.83. The van der Waals surface area contributed by atoms with Crippen molar-refractivity contribution in [1.29, 1.82) is 0 Å². The average Bonchev–Trinajstić information content (AvgIpc) is 2.62. The van der Waals surface area contributed by atoms with E-state index in [1.165, 1.54) is 17.1 Å². The quantitative estimate of drug-likeness (QED) is 0.475. The van der Waals surface area contributed by atoms with Gasteiger partial charge in [-0.15, -0.1) is 0 Å². The van der Waals surface area contributed by atoms with Gasteiger partial charge in [0.25, 0.3) is 0 Å². The summed E-state index contributed by atoms with van der Waals surface area (Å²) in [5, 5.41) is 14.5. The summed E-state index contributed by atoms with van der Waals surface area (Å²) in [6.07, 6.45) is 4.61. The van der Waals surface area contributed by atoms with E-state index >= 15 is 0 Å². The monoisotopic (exact) mass is 210 g/mol. The molecule has 76 valence electrons. The zero-order chi connectivity index (χ0) is 10.8. The van der Waals surface area contributed by atoms with Crippen LogP contribution in [0.4, 0.5) is 0 Å². The average molecular weight is 210 g/mol. The Hall–Kier alpha value is -1.64. The minimum absolute atomic E-state index is 0. The van der Waals surface area contributed by atoms with Crippen molar-refractivity contribution in [2.45, 2.75) is 0 Å². The number of hydrogen-bond donors (Lipinski definition) is 0. The topological polar surface area (TPSA) is 83.7 Å². The molecule has 0 saturated heterocycles. The molecule has 2 aromatic rings. The molecule has 2 heterocycles. The molecule has 0 unspecified atom stereocenters. The molecule has 0 amide bonds. The van der Waals surface area contributed by atoms with Crippen LogP contribution in [0.3, 0.4) is 0 Å². The summed E-state index contributed by atoms with van der Waals surface area (Å²) in [5.74, 6) is -1.01. The van der Waals surface area contributed by atoms with E-state index in [-0.39, 0.29) is 24.6 Å². The van der Waals surface area contributed by atoms with Gasteiger partial charge in [0.1, 0.15) is 5.69 Å². The molecule has 0 spiro atoms. The zero-order valence-electron chi connectivity index (χ0n) is 8.91. The minimum atomic E-state index is -1.34. The van der Waals surface area contributed by atoms with E-state index in [9.17, 15) is 9.90 Å². The van der Waals surface area contributed by atoms with Gasteiger partial charge in [-0.05, 0) is 6.07 Å². The van der Waals surface area contributed by atoms with Crippen molar-refractivity contribution in [2.24, 2.45) is 7.05 Å². The Kier molecular flexibility index (Phi) is 3.82. The summed E-state index contributed by atoms with van der Waals surface area (Å²) < 4.78 is 1.39. The van der Waals surface area contributed by atoms with Crippen LogP contribution in [0.25, 0.3) is 11.4 Å². The summed E-state index contributed by atoms with van der Waals surface area (Å²) in [5.41, 5.74) is 0.210. The Balaban J connectivity index is 0.00000128. The number of carboxylic acid groups (broad SMARTS) is 1. The van der Waals surface area contributed by atoms with Crippen LogP contribution in [0.15, 0.2) is 24.7 Å². The van der Waals surface area contributed by atoms with E-state index in [0.29, 0.717) is 11.4 Å². The minimum Gasteiger partial charge on any atom is -0.543 e. The Morgan fingerprint density at radius 1 is 1.38 bits per heavy atom. The van der Waals surface area contributed by atoms with Gasteiger partial charge in [-0.25, -0.2) is 9.97 Å². The fourth-order valence-electron chi connectivity index (χ4n) is 1.24. The summed E-state index contributed by atoms with van der Waals surface area (Å²) in [4.78, 5) is 18.7. The maximum absolute atomic E-state index is 10.8. The molecule has 0 radical (unpaired) electrons. The van der Waals surface area contributed by atoms with Crippen molar-refractivity contribution in [2.75, 3.05) is 0 Å². The number of carbonyl (C=O) groups is 1. The van der Waals surface area contributed by atoms with Crippen molar-refractivity contribution in [3.8, 4) is 11.4 Å². The normalized spacial score (nSPS) is 9.56. The molecule has 0 aliphatic carbocycles. The molecule has 0 aliphatic heterocycles. The van der Waals surface area contributed by atoms with E-state index < -0.39 is 5.97 Å². The summed E-state index contributed by atoms with van der Waals surface area (Å²) in [6, 6.07) is 1.65. The Labute approximate surface area is 104 Å². The van der Waals surface area contributed by atoms with Crippen LogP contribution < -0.4 is 24.0 Å². The smallest absolute Gasteiger partial charge is 0.543 e. The second-order valence-corrected chi connectivity index (χ2v) is 2.92. The Bertz CT molecular complexity index is 497. The molecule has 0 saturated carbocycles. The van der Waals surface area contributed by atoms with Crippen LogP contribution >= 0.6 is 0 Å². The zero-order valence-corrected chi connectivity index (χ0v) is 8.91. The van der Waals surface area contributed by atoms with E-state index in [1.807, 2.05) is 0 Å². The molecule has 0 atom stereocenters. The third-order valence-corrected chi connectivity index (χ3v) is 1.83. The Morgan fingerprint density at radius 2 is 2.00 bits per heavy atom. The number of aryl methyl sites for hydroxylation is 1. The first-order chi connectivity index (χ1) is 7.18. The van der Waals surface area contributed by atoms with Crippen LogP contribution in [0.5, 0.6) is 0 Å². The third kappa shape index (κ3) is 2.29. The van der Waals surface area contributed by atoms with Crippen LogP contribution in [-0.4, -0.2) is 25.7 Å². The number of hydrogen-bond acceptors (Lipinski definition) is 5.